The van der Waals surface area contributed by atoms with Gasteiger partial charge in [-0.2, -0.15) is 0 Å². The van der Waals surface area contributed by atoms with Crippen molar-refractivity contribution in [2.75, 3.05) is 6.54 Å². The first-order chi connectivity index (χ1) is 8.63. The molecule has 1 aromatic carbocycles. The number of halogens is 1. The second-order valence-electron chi connectivity index (χ2n) is 5.01. The summed E-state index contributed by atoms with van der Waals surface area (Å²) < 4.78 is 0. The van der Waals surface area contributed by atoms with Crippen LogP contribution in [0.4, 0.5) is 0 Å². The van der Waals surface area contributed by atoms with E-state index >= 15 is 0 Å². The van der Waals surface area contributed by atoms with Crippen molar-refractivity contribution in [2.45, 2.75) is 53.0 Å². The van der Waals surface area contributed by atoms with Crippen LogP contribution in [-0.2, 0) is 0 Å². The molecule has 0 bridgehead atoms. The van der Waals surface area contributed by atoms with Gasteiger partial charge >= 0.3 is 0 Å². The fourth-order valence-corrected chi connectivity index (χ4v) is 2.72. The molecule has 1 nitrogen and oxygen atoms in total. The Hall–Kier alpha value is -0.530. The monoisotopic (exact) mass is 267 g/mol. The number of benzene rings is 1. The van der Waals surface area contributed by atoms with Gasteiger partial charge in [0.15, 0.2) is 0 Å². The first-order valence-corrected chi connectivity index (χ1v) is 7.50. The number of hydrogen-bond acceptors (Lipinski definition) is 1. The average molecular weight is 268 g/mol. The molecule has 1 atom stereocenters. The Morgan fingerprint density at radius 2 is 1.83 bits per heavy atom. The number of rotatable bonds is 7. The lowest BCUT2D eigenvalue weighted by atomic mass is 9.90. The van der Waals surface area contributed by atoms with Crippen LogP contribution in [0.25, 0.3) is 0 Å². The molecule has 18 heavy (non-hydrogen) atoms. The van der Waals surface area contributed by atoms with E-state index in [1.54, 1.807) is 0 Å². The molecule has 0 aromatic heterocycles. The molecular formula is C16H26ClN. The predicted octanol–water partition coefficient (Wildman–Crippen LogP) is 5.13. The average Bonchev–Trinajstić information content (AvgIpc) is 2.38. The molecule has 102 valence electrons. The summed E-state index contributed by atoms with van der Waals surface area (Å²) in [5.41, 5.74) is 2.42. The third-order valence-corrected chi connectivity index (χ3v) is 4.29. The second-order valence-corrected chi connectivity index (χ2v) is 5.38. The van der Waals surface area contributed by atoms with Crippen molar-refractivity contribution in [2.24, 2.45) is 5.92 Å². The molecule has 1 unspecified atom stereocenters. The summed E-state index contributed by atoms with van der Waals surface area (Å²) in [7, 11) is 0. The molecule has 1 aromatic rings. The van der Waals surface area contributed by atoms with Gasteiger partial charge in [0.05, 0.1) is 0 Å². The van der Waals surface area contributed by atoms with E-state index in [0.29, 0.717) is 6.04 Å². The largest absolute Gasteiger partial charge is 0.310 e. The van der Waals surface area contributed by atoms with Crippen molar-refractivity contribution in [3.8, 4) is 0 Å². The Balaban J connectivity index is 2.93. The van der Waals surface area contributed by atoms with Crippen LogP contribution in [-0.4, -0.2) is 6.54 Å². The molecule has 0 aliphatic heterocycles. The Bertz CT molecular complexity index is 358. The van der Waals surface area contributed by atoms with Gasteiger partial charge in [0.1, 0.15) is 0 Å². The van der Waals surface area contributed by atoms with Crippen LogP contribution in [0.5, 0.6) is 0 Å². The van der Waals surface area contributed by atoms with Gasteiger partial charge in [0.25, 0.3) is 0 Å². The zero-order valence-corrected chi connectivity index (χ0v) is 12.8. The van der Waals surface area contributed by atoms with Gasteiger partial charge in [-0.25, -0.2) is 0 Å². The Kier molecular flexibility index (Phi) is 6.73. The summed E-state index contributed by atoms with van der Waals surface area (Å²) in [5.74, 6) is 0.769. The zero-order chi connectivity index (χ0) is 13.5. The van der Waals surface area contributed by atoms with Crippen LogP contribution < -0.4 is 5.32 Å². The van der Waals surface area contributed by atoms with Crippen LogP contribution in [0.2, 0.25) is 5.02 Å². The smallest absolute Gasteiger partial charge is 0.0482 e. The normalized spacial score (nSPS) is 13.0. The minimum atomic E-state index is 0.382. The highest BCUT2D eigenvalue weighted by Crippen LogP contribution is 2.31. The van der Waals surface area contributed by atoms with Gasteiger partial charge < -0.3 is 5.32 Å². The predicted molar refractivity (Wildman–Crippen MR) is 81.3 cm³/mol. The van der Waals surface area contributed by atoms with Gasteiger partial charge in [0, 0.05) is 11.1 Å². The highest BCUT2D eigenvalue weighted by molar-refractivity contribution is 6.32. The molecule has 0 heterocycles. The van der Waals surface area contributed by atoms with Gasteiger partial charge in [-0.3, -0.25) is 0 Å². The molecule has 0 aliphatic carbocycles. The lowest BCUT2D eigenvalue weighted by Gasteiger charge is -2.24. The van der Waals surface area contributed by atoms with E-state index in [0.717, 1.165) is 17.5 Å². The summed E-state index contributed by atoms with van der Waals surface area (Å²) in [4.78, 5) is 0. The second kappa shape index (κ2) is 7.81. The highest BCUT2D eigenvalue weighted by atomic mass is 35.5. The van der Waals surface area contributed by atoms with Crippen molar-refractivity contribution < 1.29 is 0 Å². The molecule has 0 amide bonds. The molecular weight excluding hydrogens is 242 g/mol. The SMILES string of the molecule is CCNC(CC(CC)CC)c1cccc(C)c1Cl. The van der Waals surface area contributed by atoms with E-state index in [-0.39, 0.29) is 0 Å². The van der Waals surface area contributed by atoms with Gasteiger partial charge in [0.2, 0.25) is 0 Å². The van der Waals surface area contributed by atoms with Crippen molar-refractivity contribution in [1.29, 1.82) is 0 Å². The minimum absolute atomic E-state index is 0.382. The quantitative estimate of drug-likeness (QED) is 0.723. The highest BCUT2D eigenvalue weighted by Gasteiger charge is 2.18. The fourth-order valence-electron chi connectivity index (χ4n) is 2.46. The first-order valence-electron chi connectivity index (χ1n) is 7.12. The van der Waals surface area contributed by atoms with E-state index in [2.05, 4.69) is 51.2 Å². The maximum absolute atomic E-state index is 6.45. The topological polar surface area (TPSA) is 12.0 Å². The van der Waals surface area contributed by atoms with Gasteiger partial charge in [-0.1, -0.05) is 63.4 Å². The maximum Gasteiger partial charge on any atom is 0.0482 e. The van der Waals surface area contributed by atoms with Crippen LogP contribution in [0.15, 0.2) is 18.2 Å². The number of nitrogens with one attached hydrogen (secondary N) is 1. The van der Waals surface area contributed by atoms with Crippen LogP contribution in [0.3, 0.4) is 0 Å². The van der Waals surface area contributed by atoms with E-state index in [9.17, 15) is 0 Å². The molecule has 2 heteroatoms. The maximum atomic E-state index is 6.45. The lowest BCUT2D eigenvalue weighted by molar-refractivity contribution is 0.375. The fraction of sp³-hybridized carbons (Fsp3) is 0.625. The van der Waals surface area contributed by atoms with E-state index in [4.69, 9.17) is 11.6 Å². The summed E-state index contributed by atoms with van der Waals surface area (Å²) in [6.07, 6.45) is 3.65. The van der Waals surface area contributed by atoms with Crippen molar-refractivity contribution in [1.82, 2.24) is 5.32 Å². The molecule has 0 aliphatic rings. The molecule has 0 spiro atoms. The Morgan fingerprint density at radius 1 is 1.17 bits per heavy atom. The van der Waals surface area contributed by atoms with Crippen molar-refractivity contribution >= 4 is 11.6 Å². The van der Waals surface area contributed by atoms with E-state index < -0.39 is 0 Å². The van der Waals surface area contributed by atoms with Gasteiger partial charge in [-0.05, 0) is 36.9 Å². The third-order valence-electron chi connectivity index (χ3n) is 3.77. The van der Waals surface area contributed by atoms with E-state index in [1.807, 2.05) is 0 Å². The summed E-state index contributed by atoms with van der Waals surface area (Å²) in [6, 6.07) is 6.72. The zero-order valence-electron chi connectivity index (χ0n) is 12.1. The first kappa shape index (κ1) is 15.5. The molecule has 0 fully saturated rings. The lowest BCUT2D eigenvalue weighted by Crippen LogP contribution is -2.23. The van der Waals surface area contributed by atoms with Crippen molar-refractivity contribution in [3.05, 3.63) is 34.3 Å². The Morgan fingerprint density at radius 3 is 2.39 bits per heavy atom. The van der Waals surface area contributed by atoms with Crippen molar-refractivity contribution in [3.63, 3.8) is 0 Å². The number of hydrogen-bond donors (Lipinski definition) is 1. The summed E-state index contributed by atoms with van der Waals surface area (Å²) in [5, 5.41) is 4.51. The van der Waals surface area contributed by atoms with Crippen LogP contribution in [0, 0.1) is 12.8 Å². The standard InChI is InChI=1S/C16H26ClN/c1-5-13(6-2)11-15(18-7-3)14-10-8-9-12(4)16(14)17/h8-10,13,15,18H,5-7,11H2,1-4H3. The van der Waals surface area contributed by atoms with Gasteiger partial charge in [-0.15, -0.1) is 0 Å². The van der Waals surface area contributed by atoms with Crippen LogP contribution >= 0.6 is 11.6 Å². The van der Waals surface area contributed by atoms with Crippen LogP contribution in [0.1, 0.15) is 57.2 Å². The number of aryl methyl sites for hydroxylation is 1. The van der Waals surface area contributed by atoms with E-state index in [1.165, 1.54) is 30.4 Å². The Labute approximate surface area is 117 Å². The molecule has 0 saturated heterocycles. The minimum Gasteiger partial charge on any atom is -0.310 e. The molecule has 1 rings (SSSR count). The summed E-state index contributed by atoms with van der Waals surface area (Å²) >= 11 is 6.45. The summed E-state index contributed by atoms with van der Waals surface area (Å²) in [6.45, 7) is 9.76. The third kappa shape index (κ3) is 4.00. The molecule has 0 saturated carbocycles. The molecule has 0 radical (unpaired) electrons. The molecule has 1 N–H and O–H groups in total.